The van der Waals surface area contributed by atoms with Gasteiger partial charge in [0.2, 0.25) is 0 Å². The van der Waals surface area contributed by atoms with Crippen LogP contribution in [0.15, 0.2) is 12.3 Å². The van der Waals surface area contributed by atoms with Gasteiger partial charge in [-0.3, -0.25) is 0 Å². The minimum Gasteiger partial charge on any atom is -0.381 e. The molecule has 1 aliphatic rings. The van der Waals surface area contributed by atoms with Gasteiger partial charge in [0.25, 0.3) is 0 Å². The van der Waals surface area contributed by atoms with Gasteiger partial charge in [0.1, 0.15) is 23.2 Å². The molecule has 0 radical (unpaired) electrons. The lowest BCUT2D eigenvalue weighted by molar-refractivity contribution is 0.0559. The van der Waals surface area contributed by atoms with E-state index in [2.05, 4.69) is 21.4 Å². The largest absolute Gasteiger partial charge is 0.381 e. The van der Waals surface area contributed by atoms with Gasteiger partial charge in [-0.05, 0) is 39.3 Å². The zero-order valence-electron chi connectivity index (χ0n) is 14.5. The van der Waals surface area contributed by atoms with E-state index in [1.807, 2.05) is 38.7 Å². The van der Waals surface area contributed by atoms with Crippen molar-refractivity contribution in [3.63, 3.8) is 0 Å². The van der Waals surface area contributed by atoms with Gasteiger partial charge in [0.05, 0.1) is 18.3 Å². The average Bonchev–Trinajstić information content (AvgIpc) is 3.14. The quantitative estimate of drug-likeness (QED) is 0.925. The zero-order chi connectivity index (χ0) is 17.5. The van der Waals surface area contributed by atoms with Gasteiger partial charge in [0, 0.05) is 24.7 Å². The molecule has 1 N–H and O–H groups in total. The molecule has 1 unspecified atom stereocenters. The Balaban J connectivity index is 1.91. The highest BCUT2D eigenvalue weighted by Crippen LogP contribution is 2.35. The number of anilines is 1. The number of aliphatic hydroxyl groups is 1. The molecule has 3 heterocycles. The van der Waals surface area contributed by atoms with Gasteiger partial charge in [0.15, 0.2) is 0 Å². The predicted octanol–water partition coefficient (Wildman–Crippen LogP) is 1.84. The van der Waals surface area contributed by atoms with E-state index in [0.29, 0.717) is 36.6 Å². The summed E-state index contributed by atoms with van der Waals surface area (Å²) in [6.45, 7) is 8.83. The molecule has 3 rings (SSSR count). The second-order valence-electron chi connectivity index (χ2n) is 6.77. The van der Waals surface area contributed by atoms with Gasteiger partial charge in [-0.15, -0.1) is 5.10 Å². The first-order valence-electron chi connectivity index (χ1n) is 8.12. The standard InChI is InChI=1S/C17H22N6O/c1-11(2)23-9-15(20-21-23)17(24)5-6-22(10-17)16-14(8-18)12(3)7-13(4)19-16/h7,9,11,24H,5-6,10H2,1-4H3. The lowest BCUT2D eigenvalue weighted by Crippen LogP contribution is -2.32. The number of nitriles is 1. The number of rotatable bonds is 3. The summed E-state index contributed by atoms with van der Waals surface area (Å²) < 4.78 is 1.74. The molecular weight excluding hydrogens is 304 g/mol. The van der Waals surface area contributed by atoms with Crippen molar-refractivity contribution in [2.45, 2.75) is 45.8 Å². The van der Waals surface area contributed by atoms with E-state index >= 15 is 0 Å². The van der Waals surface area contributed by atoms with Gasteiger partial charge in [-0.2, -0.15) is 5.26 Å². The van der Waals surface area contributed by atoms with Crippen LogP contribution in [-0.2, 0) is 5.60 Å². The first-order valence-corrected chi connectivity index (χ1v) is 8.12. The van der Waals surface area contributed by atoms with E-state index in [1.54, 1.807) is 10.9 Å². The van der Waals surface area contributed by atoms with Crippen molar-refractivity contribution in [2.75, 3.05) is 18.0 Å². The third kappa shape index (κ3) is 2.74. The fraction of sp³-hybridized carbons (Fsp3) is 0.529. The topological polar surface area (TPSA) is 90.9 Å². The van der Waals surface area contributed by atoms with Crippen LogP contribution in [0.4, 0.5) is 5.82 Å². The molecule has 7 nitrogen and oxygen atoms in total. The smallest absolute Gasteiger partial charge is 0.147 e. The molecule has 1 saturated heterocycles. The van der Waals surface area contributed by atoms with Crippen LogP contribution in [0.1, 0.15) is 48.8 Å². The minimum absolute atomic E-state index is 0.193. The van der Waals surface area contributed by atoms with Crippen LogP contribution in [-0.4, -0.2) is 38.2 Å². The van der Waals surface area contributed by atoms with Gasteiger partial charge >= 0.3 is 0 Å². The van der Waals surface area contributed by atoms with Crippen LogP contribution in [0.2, 0.25) is 0 Å². The summed E-state index contributed by atoms with van der Waals surface area (Å²) in [4.78, 5) is 6.50. The summed E-state index contributed by atoms with van der Waals surface area (Å²) in [6, 6.07) is 4.33. The molecule has 0 amide bonds. The summed E-state index contributed by atoms with van der Waals surface area (Å²) in [7, 11) is 0. The third-order valence-corrected chi connectivity index (χ3v) is 4.50. The van der Waals surface area contributed by atoms with Crippen molar-refractivity contribution < 1.29 is 5.11 Å². The van der Waals surface area contributed by atoms with Crippen LogP contribution in [0, 0.1) is 25.2 Å². The molecule has 0 aliphatic carbocycles. The van der Waals surface area contributed by atoms with Crippen LogP contribution in [0.25, 0.3) is 0 Å². The maximum Gasteiger partial charge on any atom is 0.147 e. The van der Waals surface area contributed by atoms with E-state index in [9.17, 15) is 10.4 Å². The molecule has 1 fully saturated rings. The third-order valence-electron chi connectivity index (χ3n) is 4.50. The molecule has 1 aliphatic heterocycles. The Kier molecular flexibility index (Phi) is 4.01. The summed E-state index contributed by atoms with van der Waals surface area (Å²) in [5.74, 6) is 0.641. The van der Waals surface area contributed by atoms with Crippen molar-refractivity contribution in [1.29, 1.82) is 5.26 Å². The number of pyridine rings is 1. The molecule has 0 spiro atoms. The Labute approximate surface area is 141 Å². The molecule has 7 heteroatoms. The fourth-order valence-electron chi connectivity index (χ4n) is 3.11. The molecule has 126 valence electrons. The molecule has 0 saturated carbocycles. The Morgan fingerprint density at radius 3 is 2.75 bits per heavy atom. The van der Waals surface area contributed by atoms with E-state index in [1.165, 1.54) is 0 Å². The van der Waals surface area contributed by atoms with E-state index in [4.69, 9.17) is 0 Å². The SMILES string of the molecule is Cc1cc(C)c(C#N)c(N2CCC(O)(c3cn(C(C)C)nn3)C2)n1. The van der Waals surface area contributed by atoms with E-state index in [-0.39, 0.29) is 6.04 Å². The number of aryl methyl sites for hydroxylation is 2. The average molecular weight is 326 g/mol. The highest BCUT2D eigenvalue weighted by Gasteiger charge is 2.41. The minimum atomic E-state index is -1.07. The van der Waals surface area contributed by atoms with E-state index in [0.717, 1.165) is 11.3 Å². The molecular formula is C17H22N6O. The molecule has 2 aromatic heterocycles. The Morgan fingerprint density at radius 1 is 1.38 bits per heavy atom. The summed E-state index contributed by atoms with van der Waals surface area (Å²) in [6.07, 6.45) is 2.33. The Morgan fingerprint density at radius 2 is 2.12 bits per heavy atom. The molecule has 0 bridgehead atoms. The molecule has 1 atom stereocenters. The van der Waals surface area contributed by atoms with Crippen LogP contribution < -0.4 is 4.90 Å². The number of hydrogen-bond donors (Lipinski definition) is 1. The van der Waals surface area contributed by atoms with Crippen LogP contribution in [0.3, 0.4) is 0 Å². The second-order valence-corrected chi connectivity index (χ2v) is 6.77. The van der Waals surface area contributed by atoms with Crippen LogP contribution >= 0.6 is 0 Å². The molecule has 0 aromatic carbocycles. The van der Waals surface area contributed by atoms with Gasteiger partial charge < -0.3 is 10.0 Å². The monoisotopic (exact) mass is 326 g/mol. The second kappa shape index (κ2) is 5.87. The highest BCUT2D eigenvalue weighted by atomic mass is 16.3. The molecule has 2 aromatic rings. The summed E-state index contributed by atoms with van der Waals surface area (Å²) >= 11 is 0. The lowest BCUT2D eigenvalue weighted by Gasteiger charge is -2.23. The summed E-state index contributed by atoms with van der Waals surface area (Å²) in [5.41, 5.74) is 1.83. The zero-order valence-corrected chi connectivity index (χ0v) is 14.5. The van der Waals surface area contributed by atoms with Crippen molar-refractivity contribution >= 4 is 5.82 Å². The van der Waals surface area contributed by atoms with Gasteiger partial charge in [-0.25, -0.2) is 9.67 Å². The Hall–Kier alpha value is -2.46. The normalized spacial score (nSPS) is 20.6. The van der Waals surface area contributed by atoms with E-state index < -0.39 is 5.60 Å². The number of hydrogen-bond acceptors (Lipinski definition) is 6. The van der Waals surface area contributed by atoms with Crippen LogP contribution in [0.5, 0.6) is 0 Å². The maximum atomic E-state index is 11.0. The number of aromatic nitrogens is 4. The number of nitrogens with zero attached hydrogens (tertiary/aromatic N) is 6. The molecule has 24 heavy (non-hydrogen) atoms. The van der Waals surface area contributed by atoms with Crippen molar-refractivity contribution in [2.24, 2.45) is 0 Å². The lowest BCUT2D eigenvalue weighted by atomic mass is 10.00. The maximum absolute atomic E-state index is 11.0. The summed E-state index contributed by atoms with van der Waals surface area (Å²) in [5, 5.41) is 28.7. The van der Waals surface area contributed by atoms with Crippen molar-refractivity contribution in [3.8, 4) is 6.07 Å². The highest BCUT2D eigenvalue weighted by molar-refractivity contribution is 5.59. The predicted molar refractivity (Wildman–Crippen MR) is 89.6 cm³/mol. The van der Waals surface area contributed by atoms with Crippen molar-refractivity contribution in [1.82, 2.24) is 20.0 Å². The first-order chi connectivity index (χ1) is 11.3. The fourth-order valence-corrected chi connectivity index (χ4v) is 3.11. The first kappa shape index (κ1) is 16.4. The Bertz CT molecular complexity index is 806. The van der Waals surface area contributed by atoms with Gasteiger partial charge in [-0.1, -0.05) is 5.21 Å². The van der Waals surface area contributed by atoms with Crippen molar-refractivity contribution in [3.05, 3.63) is 34.8 Å². The number of β-amino-alcohol motifs (C(OH)–C–C–N with tert-alkyl or cyclic N) is 1.